The molecule has 1 aromatic heterocycles. The lowest BCUT2D eigenvalue weighted by atomic mass is 10.1. The summed E-state index contributed by atoms with van der Waals surface area (Å²) < 4.78 is 10.4. The Labute approximate surface area is 100 Å². The van der Waals surface area contributed by atoms with Crippen LogP contribution in [0.15, 0.2) is 36.5 Å². The minimum atomic E-state index is 0.570. The smallest absolute Gasteiger partial charge is 0.221 e. The Balaban J connectivity index is 2.55. The van der Waals surface area contributed by atoms with Crippen molar-refractivity contribution < 1.29 is 9.47 Å². The van der Waals surface area contributed by atoms with Crippen LogP contribution in [0.5, 0.6) is 11.6 Å². The molecule has 1 heterocycles. The van der Waals surface area contributed by atoms with Gasteiger partial charge in [0.1, 0.15) is 5.75 Å². The van der Waals surface area contributed by atoms with Gasteiger partial charge in [-0.25, -0.2) is 4.98 Å². The van der Waals surface area contributed by atoms with Crippen LogP contribution in [0.1, 0.15) is 0 Å². The molecule has 0 radical (unpaired) electrons. The van der Waals surface area contributed by atoms with Crippen LogP contribution < -0.4 is 15.2 Å². The third-order valence-corrected chi connectivity index (χ3v) is 2.44. The summed E-state index contributed by atoms with van der Waals surface area (Å²) in [6.07, 6.45) is 1.69. The van der Waals surface area contributed by atoms with Crippen molar-refractivity contribution in [1.29, 1.82) is 0 Å². The first-order chi connectivity index (χ1) is 8.24. The van der Waals surface area contributed by atoms with Gasteiger partial charge in [-0.1, -0.05) is 0 Å². The Bertz CT molecular complexity index is 527. The summed E-state index contributed by atoms with van der Waals surface area (Å²) in [5.74, 6) is 1.28. The van der Waals surface area contributed by atoms with E-state index in [1.807, 2.05) is 24.3 Å². The normalized spacial score (nSPS) is 10.0. The van der Waals surface area contributed by atoms with E-state index in [0.717, 1.165) is 11.1 Å². The lowest BCUT2D eigenvalue weighted by Gasteiger charge is -2.09. The van der Waals surface area contributed by atoms with Crippen LogP contribution in [0.4, 0.5) is 5.69 Å². The van der Waals surface area contributed by atoms with E-state index < -0.39 is 0 Å². The molecule has 0 aliphatic heterocycles. The fourth-order valence-corrected chi connectivity index (χ4v) is 1.67. The summed E-state index contributed by atoms with van der Waals surface area (Å²) in [4.78, 5) is 4.15. The zero-order valence-electron chi connectivity index (χ0n) is 9.81. The van der Waals surface area contributed by atoms with Gasteiger partial charge in [0.05, 0.1) is 14.2 Å². The molecule has 2 N–H and O–H groups in total. The van der Waals surface area contributed by atoms with E-state index in [0.29, 0.717) is 17.3 Å². The number of benzene rings is 1. The van der Waals surface area contributed by atoms with Gasteiger partial charge < -0.3 is 15.2 Å². The van der Waals surface area contributed by atoms with Gasteiger partial charge >= 0.3 is 0 Å². The van der Waals surface area contributed by atoms with Gasteiger partial charge in [-0.3, -0.25) is 0 Å². The van der Waals surface area contributed by atoms with Crippen LogP contribution in [-0.4, -0.2) is 19.2 Å². The average Bonchev–Trinajstić information content (AvgIpc) is 2.37. The maximum atomic E-state index is 5.82. The number of pyridine rings is 1. The molecule has 88 valence electrons. The van der Waals surface area contributed by atoms with Crippen LogP contribution in [0.25, 0.3) is 11.1 Å². The SMILES string of the molecule is COc1cc(N)cc(-c2cccnc2OC)c1. The first-order valence-corrected chi connectivity index (χ1v) is 5.18. The van der Waals surface area contributed by atoms with Gasteiger partial charge in [-0.05, 0) is 29.8 Å². The average molecular weight is 230 g/mol. The molecule has 1 aromatic carbocycles. The van der Waals surface area contributed by atoms with Crippen molar-refractivity contribution in [1.82, 2.24) is 4.98 Å². The van der Waals surface area contributed by atoms with Crippen LogP contribution in [0.3, 0.4) is 0 Å². The van der Waals surface area contributed by atoms with Crippen molar-refractivity contribution in [3.8, 4) is 22.8 Å². The summed E-state index contributed by atoms with van der Waals surface area (Å²) in [7, 11) is 3.20. The van der Waals surface area contributed by atoms with E-state index in [-0.39, 0.29) is 0 Å². The molecule has 0 aliphatic rings. The number of hydrogen-bond acceptors (Lipinski definition) is 4. The molecule has 0 aliphatic carbocycles. The van der Waals surface area contributed by atoms with Crippen LogP contribution in [0, 0.1) is 0 Å². The number of anilines is 1. The molecule has 0 unspecified atom stereocenters. The number of nitrogens with zero attached hydrogens (tertiary/aromatic N) is 1. The van der Waals surface area contributed by atoms with E-state index in [1.54, 1.807) is 26.5 Å². The first-order valence-electron chi connectivity index (χ1n) is 5.18. The van der Waals surface area contributed by atoms with Crippen LogP contribution >= 0.6 is 0 Å². The minimum Gasteiger partial charge on any atom is -0.497 e. The summed E-state index contributed by atoms with van der Waals surface area (Å²) in [6.45, 7) is 0. The largest absolute Gasteiger partial charge is 0.497 e. The maximum Gasteiger partial charge on any atom is 0.221 e. The van der Waals surface area contributed by atoms with E-state index in [1.165, 1.54) is 0 Å². The second-order valence-electron chi connectivity index (χ2n) is 3.56. The molecule has 0 amide bonds. The zero-order chi connectivity index (χ0) is 12.3. The highest BCUT2D eigenvalue weighted by Crippen LogP contribution is 2.31. The summed E-state index contributed by atoms with van der Waals surface area (Å²) >= 11 is 0. The van der Waals surface area contributed by atoms with Gasteiger partial charge in [-0.15, -0.1) is 0 Å². The highest BCUT2D eigenvalue weighted by atomic mass is 16.5. The van der Waals surface area contributed by atoms with Crippen LogP contribution in [-0.2, 0) is 0 Å². The molecule has 4 nitrogen and oxygen atoms in total. The fourth-order valence-electron chi connectivity index (χ4n) is 1.67. The van der Waals surface area contributed by atoms with Crippen molar-refractivity contribution >= 4 is 5.69 Å². The Morgan fingerprint density at radius 2 is 1.94 bits per heavy atom. The van der Waals surface area contributed by atoms with Gasteiger partial charge in [0, 0.05) is 23.5 Å². The second kappa shape index (κ2) is 4.74. The van der Waals surface area contributed by atoms with Crippen molar-refractivity contribution in [3.63, 3.8) is 0 Å². The number of hydrogen-bond donors (Lipinski definition) is 1. The Hall–Kier alpha value is -2.23. The molecule has 17 heavy (non-hydrogen) atoms. The number of methoxy groups -OCH3 is 2. The topological polar surface area (TPSA) is 57.4 Å². The second-order valence-corrected chi connectivity index (χ2v) is 3.56. The molecule has 0 saturated heterocycles. The van der Waals surface area contributed by atoms with Crippen molar-refractivity contribution in [2.45, 2.75) is 0 Å². The minimum absolute atomic E-state index is 0.570. The molecular formula is C13H14N2O2. The summed E-state index contributed by atoms with van der Waals surface area (Å²) in [5.41, 5.74) is 8.28. The Morgan fingerprint density at radius 3 is 2.65 bits per heavy atom. The quantitative estimate of drug-likeness (QED) is 0.822. The zero-order valence-corrected chi connectivity index (χ0v) is 9.81. The van der Waals surface area contributed by atoms with E-state index in [9.17, 15) is 0 Å². The maximum absolute atomic E-state index is 5.82. The van der Waals surface area contributed by atoms with Crippen molar-refractivity contribution in [3.05, 3.63) is 36.5 Å². The van der Waals surface area contributed by atoms with Crippen molar-refractivity contribution in [2.75, 3.05) is 20.0 Å². The number of aromatic nitrogens is 1. The monoisotopic (exact) mass is 230 g/mol. The van der Waals surface area contributed by atoms with Gasteiger partial charge in [0.25, 0.3) is 0 Å². The molecule has 2 rings (SSSR count). The molecule has 0 saturated carbocycles. The number of rotatable bonds is 3. The predicted molar refractivity (Wildman–Crippen MR) is 67.2 cm³/mol. The van der Waals surface area contributed by atoms with E-state index >= 15 is 0 Å². The highest BCUT2D eigenvalue weighted by molar-refractivity contribution is 5.73. The number of ether oxygens (including phenoxy) is 2. The Morgan fingerprint density at radius 1 is 1.12 bits per heavy atom. The fraction of sp³-hybridized carbons (Fsp3) is 0.154. The Kier molecular flexibility index (Phi) is 3.14. The predicted octanol–water partition coefficient (Wildman–Crippen LogP) is 2.35. The summed E-state index contributed by atoms with van der Waals surface area (Å²) in [5, 5.41) is 0. The van der Waals surface area contributed by atoms with E-state index in [4.69, 9.17) is 15.2 Å². The highest BCUT2D eigenvalue weighted by Gasteiger charge is 2.08. The molecule has 0 fully saturated rings. The molecular weight excluding hydrogens is 216 g/mol. The summed E-state index contributed by atoms with van der Waals surface area (Å²) in [6, 6.07) is 9.32. The molecule has 2 aromatic rings. The third kappa shape index (κ3) is 2.30. The van der Waals surface area contributed by atoms with Gasteiger partial charge in [-0.2, -0.15) is 0 Å². The molecule has 0 bridgehead atoms. The lowest BCUT2D eigenvalue weighted by molar-refractivity contribution is 0.399. The first kappa shape index (κ1) is 11.3. The van der Waals surface area contributed by atoms with Gasteiger partial charge in [0.15, 0.2) is 0 Å². The van der Waals surface area contributed by atoms with Crippen molar-refractivity contribution in [2.24, 2.45) is 0 Å². The molecule has 0 spiro atoms. The van der Waals surface area contributed by atoms with Crippen LogP contribution in [0.2, 0.25) is 0 Å². The third-order valence-electron chi connectivity index (χ3n) is 2.44. The number of nitrogens with two attached hydrogens (primary N) is 1. The molecule has 0 atom stereocenters. The standard InChI is InChI=1S/C13H14N2O2/c1-16-11-7-9(6-10(14)8-11)12-4-3-5-15-13(12)17-2/h3-8H,14H2,1-2H3. The lowest BCUT2D eigenvalue weighted by Crippen LogP contribution is -1.93. The number of nitrogen functional groups attached to an aromatic ring is 1. The molecule has 4 heteroatoms. The van der Waals surface area contributed by atoms with Gasteiger partial charge in [0.2, 0.25) is 5.88 Å². The van der Waals surface area contributed by atoms with E-state index in [2.05, 4.69) is 4.98 Å².